The normalized spacial score (nSPS) is 10.1. The van der Waals surface area contributed by atoms with Crippen LogP contribution in [0.3, 0.4) is 0 Å². The molecule has 0 radical (unpaired) electrons. The van der Waals surface area contributed by atoms with E-state index in [0.717, 1.165) is 41.8 Å². The number of hydrogen-bond donors (Lipinski definition) is 2. The van der Waals surface area contributed by atoms with Gasteiger partial charge in [0.2, 0.25) is 0 Å². The van der Waals surface area contributed by atoms with E-state index in [1.165, 1.54) is 16.7 Å². The molecule has 2 N–H and O–H groups in total. The molecule has 0 aliphatic carbocycles. The van der Waals surface area contributed by atoms with Gasteiger partial charge in [-0.25, -0.2) is 4.98 Å². The number of hydrogen-bond acceptors (Lipinski definition) is 4. The first kappa shape index (κ1) is 30.4. The van der Waals surface area contributed by atoms with Crippen molar-refractivity contribution in [2.75, 3.05) is 0 Å². The molecule has 0 aliphatic rings. The molecule has 0 spiro atoms. The maximum absolute atomic E-state index is 8.94. The molecule has 8 heteroatoms. The van der Waals surface area contributed by atoms with Crippen LogP contribution < -0.4 is 5.46 Å². The van der Waals surface area contributed by atoms with Crippen molar-refractivity contribution in [2.24, 2.45) is 0 Å². The first-order chi connectivity index (χ1) is 16.9. The summed E-state index contributed by atoms with van der Waals surface area (Å²) >= 11 is 10.1. The molecule has 0 aliphatic heterocycles. The van der Waals surface area contributed by atoms with Gasteiger partial charge in [0.25, 0.3) is 0 Å². The van der Waals surface area contributed by atoms with Gasteiger partial charge in [-0.1, -0.05) is 47.5 Å². The van der Waals surface area contributed by atoms with E-state index in [9.17, 15) is 0 Å². The van der Waals surface area contributed by atoms with Crippen LogP contribution in [0.4, 0.5) is 0 Å². The molecular weight excluding hydrogens is 647 g/mol. The molecule has 2 heterocycles. The summed E-state index contributed by atoms with van der Waals surface area (Å²) in [7, 11) is -1.35. The Kier molecular flexibility index (Phi) is 12.0. The molecular formula is C28H30BBr3N2O2. The van der Waals surface area contributed by atoms with E-state index in [-0.39, 0.29) is 0 Å². The first-order valence-electron chi connectivity index (χ1n) is 11.3. The van der Waals surface area contributed by atoms with Gasteiger partial charge in [-0.3, -0.25) is 4.98 Å². The molecule has 36 heavy (non-hydrogen) atoms. The molecule has 4 rings (SSSR count). The van der Waals surface area contributed by atoms with Gasteiger partial charge in [0.15, 0.2) is 0 Å². The van der Waals surface area contributed by atoms with E-state index in [1.54, 1.807) is 0 Å². The number of halogens is 3. The van der Waals surface area contributed by atoms with Gasteiger partial charge < -0.3 is 10.0 Å². The second kappa shape index (κ2) is 14.2. The minimum atomic E-state index is -1.35. The topological polar surface area (TPSA) is 66.2 Å². The molecule has 2 aromatic carbocycles. The van der Waals surface area contributed by atoms with Crippen molar-refractivity contribution >= 4 is 60.4 Å². The molecule has 188 valence electrons. The number of pyridine rings is 2. The van der Waals surface area contributed by atoms with Crippen LogP contribution in [0.1, 0.15) is 33.6 Å². The zero-order chi connectivity index (χ0) is 27.0. The Morgan fingerprint density at radius 2 is 1.03 bits per heavy atom. The highest BCUT2D eigenvalue weighted by molar-refractivity contribution is 9.11. The highest BCUT2D eigenvalue weighted by atomic mass is 79.9. The van der Waals surface area contributed by atoms with Gasteiger partial charge in [0.05, 0.1) is 17.1 Å². The van der Waals surface area contributed by atoms with Gasteiger partial charge >= 0.3 is 7.12 Å². The smallest absolute Gasteiger partial charge is 0.423 e. The highest BCUT2D eigenvalue weighted by Gasteiger charge is 2.15. The Bertz CT molecular complexity index is 1290. The molecule has 0 atom stereocenters. The number of nitrogens with zero attached hydrogens (tertiary/aromatic N) is 2. The second-order valence-corrected chi connectivity index (χ2v) is 10.9. The van der Waals surface area contributed by atoms with Crippen LogP contribution in [0.15, 0.2) is 74.2 Å². The third-order valence-electron chi connectivity index (χ3n) is 5.55. The maximum Gasteiger partial charge on any atom is 0.488 e. The lowest BCUT2D eigenvalue weighted by Crippen LogP contribution is -2.34. The SMILES string of the molecule is Cc1cccc(C)c1-c1ccc(Br)c(C)n1.Cc1cccc(C)c1B(O)O.Cc1nc(Br)ccc1Br. The van der Waals surface area contributed by atoms with Crippen molar-refractivity contribution < 1.29 is 10.0 Å². The number of aryl methyl sites for hydroxylation is 6. The molecule has 4 nitrogen and oxygen atoms in total. The quantitative estimate of drug-likeness (QED) is 0.172. The van der Waals surface area contributed by atoms with Crippen LogP contribution in [0.2, 0.25) is 0 Å². The van der Waals surface area contributed by atoms with E-state index < -0.39 is 7.12 Å². The number of benzene rings is 2. The Morgan fingerprint density at radius 3 is 1.42 bits per heavy atom. The summed E-state index contributed by atoms with van der Waals surface area (Å²) in [5.74, 6) is 0. The molecule has 0 amide bonds. The Labute approximate surface area is 239 Å². The van der Waals surface area contributed by atoms with E-state index in [2.05, 4.69) is 102 Å². The number of aromatic nitrogens is 2. The lowest BCUT2D eigenvalue weighted by molar-refractivity contribution is 0.425. The first-order valence-corrected chi connectivity index (χ1v) is 13.7. The van der Waals surface area contributed by atoms with Crippen LogP contribution in [0.5, 0.6) is 0 Å². The summed E-state index contributed by atoms with van der Waals surface area (Å²) in [6.07, 6.45) is 0. The maximum atomic E-state index is 8.94. The average molecular weight is 677 g/mol. The van der Waals surface area contributed by atoms with Crippen LogP contribution >= 0.6 is 47.8 Å². The minimum absolute atomic E-state index is 0.618. The predicted octanol–water partition coefficient (Wildman–Crippen LogP) is 7.33. The third kappa shape index (κ3) is 8.63. The fraction of sp³-hybridized carbons (Fsp3) is 0.214. The number of rotatable bonds is 2. The van der Waals surface area contributed by atoms with Crippen molar-refractivity contribution in [1.82, 2.24) is 9.97 Å². The monoisotopic (exact) mass is 674 g/mol. The molecule has 4 aromatic rings. The van der Waals surface area contributed by atoms with Gasteiger partial charge in [0, 0.05) is 14.5 Å². The van der Waals surface area contributed by atoms with Crippen molar-refractivity contribution in [2.45, 2.75) is 41.5 Å². The lowest BCUT2D eigenvalue weighted by atomic mass is 9.74. The van der Waals surface area contributed by atoms with Gasteiger partial charge in [-0.05, 0) is 130 Å². The van der Waals surface area contributed by atoms with Crippen molar-refractivity contribution in [3.05, 3.63) is 108 Å². The standard InChI is InChI=1S/C14H14BrN.C8H11BO2.C6H5Br2N/c1-9-5-4-6-10(2)14(9)13-8-7-12(15)11(3)16-13;1-6-4-3-5-7(2)8(6)9(10)11;1-4-5(7)2-3-6(8)9-4/h4-8H,1-3H3;3-5,10-11H,1-2H3;2-3H,1H3. The lowest BCUT2D eigenvalue weighted by Gasteiger charge is -2.10. The van der Waals surface area contributed by atoms with Crippen molar-refractivity contribution in [3.63, 3.8) is 0 Å². The summed E-state index contributed by atoms with van der Waals surface area (Å²) in [6, 6.07) is 19.9. The summed E-state index contributed by atoms with van der Waals surface area (Å²) in [5, 5.41) is 17.9. The average Bonchev–Trinajstić information content (AvgIpc) is 2.79. The van der Waals surface area contributed by atoms with Gasteiger partial charge in [0.1, 0.15) is 4.60 Å². The summed E-state index contributed by atoms with van der Waals surface area (Å²) in [6.45, 7) is 11.9. The fourth-order valence-corrected chi connectivity index (χ4v) is 4.49. The summed E-state index contributed by atoms with van der Waals surface area (Å²) in [4.78, 5) is 8.76. The Hall–Kier alpha value is -1.84. The zero-order valence-corrected chi connectivity index (χ0v) is 26.0. The van der Waals surface area contributed by atoms with Crippen LogP contribution in [-0.4, -0.2) is 27.1 Å². The van der Waals surface area contributed by atoms with E-state index in [1.807, 2.05) is 58.0 Å². The van der Waals surface area contributed by atoms with Gasteiger partial charge in [-0.2, -0.15) is 0 Å². The molecule has 0 saturated heterocycles. The zero-order valence-electron chi connectivity index (χ0n) is 21.3. The Morgan fingerprint density at radius 1 is 0.583 bits per heavy atom. The predicted molar refractivity (Wildman–Crippen MR) is 162 cm³/mol. The Balaban J connectivity index is 0.000000200. The van der Waals surface area contributed by atoms with E-state index in [4.69, 9.17) is 10.0 Å². The van der Waals surface area contributed by atoms with Crippen molar-refractivity contribution in [3.8, 4) is 11.3 Å². The largest absolute Gasteiger partial charge is 0.488 e. The van der Waals surface area contributed by atoms with Crippen LogP contribution in [0.25, 0.3) is 11.3 Å². The summed E-state index contributed by atoms with van der Waals surface area (Å²) < 4.78 is 2.98. The molecule has 0 unspecified atom stereocenters. The third-order valence-corrected chi connectivity index (χ3v) is 7.66. The van der Waals surface area contributed by atoms with Crippen LogP contribution in [-0.2, 0) is 0 Å². The highest BCUT2D eigenvalue weighted by Crippen LogP contribution is 2.27. The fourth-order valence-electron chi connectivity index (χ4n) is 3.65. The van der Waals surface area contributed by atoms with Crippen LogP contribution in [0, 0.1) is 41.5 Å². The van der Waals surface area contributed by atoms with Crippen molar-refractivity contribution in [1.29, 1.82) is 0 Å². The van der Waals surface area contributed by atoms with E-state index in [0.29, 0.717) is 5.46 Å². The molecule has 0 fully saturated rings. The van der Waals surface area contributed by atoms with E-state index >= 15 is 0 Å². The second-order valence-electron chi connectivity index (χ2n) is 8.41. The van der Waals surface area contributed by atoms with Gasteiger partial charge in [-0.15, -0.1) is 0 Å². The minimum Gasteiger partial charge on any atom is -0.423 e. The molecule has 2 aromatic heterocycles. The summed E-state index contributed by atoms with van der Waals surface area (Å²) in [5.41, 5.74) is 9.33. The molecule has 0 bridgehead atoms. The molecule has 0 saturated carbocycles.